The lowest BCUT2D eigenvalue weighted by Gasteiger charge is -2.25. The Hall–Kier alpha value is -1.80. The Morgan fingerprint density at radius 2 is 2.21 bits per heavy atom. The first-order chi connectivity index (χ1) is 11.4. The minimum atomic E-state index is -4.48. The maximum Gasteiger partial charge on any atom is 0.419 e. The fraction of sp³-hybridized carbons (Fsp3) is 0.562. The number of ether oxygens (including phenoxy) is 2. The molecule has 1 aromatic rings. The highest BCUT2D eigenvalue weighted by atomic mass is 19.4. The van der Waals surface area contributed by atoms with Crippen molar-refractivity contribution in [1.29, 1.82) is 0 Å². The molecule has 2 unspecified atom stereocenters. The lowest BCUT2D eigenvalue weighted by molar-refractivity contribution is -0.139. The summed E-state index contributed by atoms with van der Waals surface area (Å²) >= 11 is 0. The molecule has 0 aromatic heterocycles. The van der Waals surface area contributed by atoms with Crippen molar-refractivity contribution in [2.45, 2.75) is 31.7 Å². The second-order valence-electron chi connectivity index (χ2n) is 5.47. The van der Waals surface area contributed by atoms with Crippen molar-refractivity contribution in [2.24, 2.45) is 0 Å². The van der Waals surface area contributed by atoms with Gasteiger partial charge in [0, 0.05) is 6.54 Å². The molecule has 5 nitrogen and oxygen atoms in total. The van der Waals surface area contributed by atoms with Crippen molar-refractivity contribution in [3.63, 3.8) is 0 Å². The molecule has 0 bridgehead atoms. The second kappa shape index (κ2) is 8.34. The SMILES string of the molecule is CCC(CNC(=O)C1COCCN1)Oc1ccccc1C(F)(F)F. The van der Waals surface area contributed by atoms with E-state index in [1.165, 1.54) is 18.2 Å². The van der Waals surface area contributed by atoms with E-state index < -0.39 is 23.9 Å². The first-order valence-corrected chi connectivity index (χ1v) is 7.83. The molecule has 1 aromatic carbocycles. The molecule has 2 N–H and O–H groups in total. The Morgan fingerprint density at radius 3 is 2.83 bits per heavy atom. The first kappa shape index (κ1) is 18.5. The van der Waals surface area contributed by atoms with Gasteiger partial charge < -0.3 is 20.1 Å². The van der Waals surface area contributed by atoms with E-state index in [2.05, 4.69) is 10.6 Å². The van der Waals surface area contributed by atoms with Gasteiger partial charge in [0.25, 0.3) is 0 Å². The zero-order valence-corrected chi connectivity index (χ0v) is 13.4. The van der Waals surface area contributed by atoms with E-state index in [1.807, 2.05) is 0 Å². The molecule has 2 atom stereocenters. The van der Waals surface area contributed by atoms with E-state index in [4.69, 9.17) is 9.47 Å². The van der Waals surface area contributed by atoms with Crippen LogP contribution in [0.15, 0.2) is 24.3 Å². The minimum Gasteiger partial charge on any atom is -0.488 e. The van der Waals surface area contributed by atoms with Gasteiger partial charge >= 0.3 is 6.18 Å². The van der Waals surface area contributed by atoms with Gasteiger partial charge in [-0.15, -0.1) is 0 Å². The van der Waals surface area contributed by atoms with Crippen LogP contribution in [0, 0.1) is 0 Å². The molecule has 1 aliphatic heterocycles. The summed E-state index contributed by atoms with van der Waals surface area (Å²) in [5.41, 5.74) is -0.822. The summed E-state index contributed by atoms with van der Waals surface area (Å²) in [7, 11) is 0. The quantitative estimate of drug-likeness (QED) is 0.827. The number of hydrogen-bond donors (Lipinski definition) is 2. The van der Waals surface area contributed by atoms with Crippen LogP contribution in [-0.4, -0.2) is 44.4 Å². The number of morpholine rings is 1. The van der Waals surface area contributed by atoms with Crippen LogP contribution in [0.4, 0.5) is 13.2 Å². The Balaban J connectivity index is 1.94. The fourth-order valence-electron chi connectivity index (χ4n) is 2.32. The number of para-hydroxylation sites is 1. The molecule has 1 saturated heterocycles. The summed E-state index contributed by atoms with van der Waals surface area (Å²) in [4.78, 5) is 12.0. The molecule has 2 rings (SSSR count). The lowest BCUT2D eigenvalue weighted by Crippen LogP contribution is -2.52. The van der Waals surface area contributed by atoms with Gasteiger partial charge in [0.1, 0.15) is 17.9 Å². The summed E-state index contributed by atoms with van der Waals surface area (Å²) in [5, 5.41) is 5.71. The molecule has 24 heavy (non-hydrogen) atoms. The Kier molecular flexibility index (Phi) is 6.44. The number of halogens is 3. The number of amides is 1. The molecule has 0 spiro atoms. The molecule has 1 amide bonds. The van der Waals surface area contributed by atoms with Crippen LogP contribution in [0.3, 0.4) is 0 Å². The number of benzene rings is 1. The van der Waals surface area contributed by atoms with E-state index >= 15 is 0 Å². The van der Waals surface area contributed by atoms with E-state index in [1.54, 1.807) is 6.92 Å². The smallest absolute Gasteiger partial charge is 0.419 e. The first-order valence-electron chi connectivity index (χ1n) is 7.83. The molecule has 8 heteroatoms. The molecule has 0 saturated carbocycles. The van der Waals surface area contributed by atoms with Gasteiger partial charge in [-0.05, 0) is 18.6 Å². The Bertz CT molecular complexity index is 546. The average molecular weight is 346 g/mol. The van der Waals surface area contributed by atoms with Gasteiger partial charge in [-0.3, -0.25) is 4.79 Å². The summed E-state index contributed by atoms with van der Waals surface area (Å²) in [5.74, 6) is -0.480. The zero-order chi connectivity index (χ0) is 17.6. The van der Waals surface area contributed by atoms with Gasteiger partial charge in [0.2, 0.25) is 5.91 Å². The monoisotopic (exact) mass is 346 g/mol. The van der Waals surface area contributed by atoms with Crippen molar-refractivity contribution in [3.8, 4) is 5.75 Å². The third-order valence-electron chi connectivity index (χ3n) is 3.68. The Labute approximate surface area is 138 Å². The molecule has 1 aliphatic rings. The molecular weight excluding hydrogens is 325 g/mol. The molecule has 1 fully saturated rings. The predicted molar refractivity (Wildman–Crippen MR) is 81.8 cm³/mol. The largest absolute Gasteiger partial charge is 0.488 e. The van der Waals surface area contributed by atoms with Gasteiger partial charge in [-0.25, -0.2) is 0 Å². The molecule has 134 valence electrons. The van der Waals surface area contributed by atoms with Crippen LogP contribution in [0.5, 0.6) is 5.75 Å². The molecule has 1 heterocycles. The van der Waals surface area contributed by atoms with Crippen LogP contribution < -0.4 is 15.4 Å². The van der Waals surface area contributed by atoms with Crippen molar-refractivity contribution < 1.29 is 27.4 Å². The van der Waals surface area contributed by atoms with Gasteiger partial charge in [-0.2, -0.15) is 13.2 Å². The van der Waals surface area contributed by atoms with E-state index in [-0.39, 0.29) is 24.8 Å². The van der Waals surface area contributed by atoms with Crippen LogP contribution in [0.2, 0.25) is 0 Å². The summed E-state index contributed by atoms with van der Waals surface area (Å²) in [6.07, 6.45) is -4.58. The maximum atomic E-state index is 13.0. The Morgan fingerprint density at radius 1 is 1.46 bits per heavy atom. The van der Waals surface area contributed by atoms with Crippen LogP contribution >= 0.6 is 0 Å². The van der Waals surface area contributed by atoms with Gasteiger partial charge in [0.05, 0.1) is 25.3 Å². The second-order valence-corrected chi connectivity index (χ2v) is 5.47. The topological polar surface area (TPSA) is 59.6 Å². The summed E-state index contributed by atoms with van der Waals surface area (Å²) < 4.78 is 49.6. The van der Waals surface area contributed by atoms with Crippen molar-refractivity contribution >= 4 is 5.91 Å². The highest BCUT2D eigenvalue weighted by Crippen LogP contribution is 2.36. The van der Waals surface area contributed by atoms with Crippen molar-refractivity contribution in [3.05, 3.63) is 29.8 Å². The normalized spacial score (nSPS) is 19.6. The molecule has 0 radical (unpaired) electrons. The lowest BCUT2D eigenvalue weighted by atomic mass is 10.2. The third kappa shape index (κ3) is 5.10. The maximum absolute atomic E-state index is 13.0. The average Bonchev–Trinajstić information content (AvgIpc) is 2.58. The summed E-state index contributed by atoms with van der Waals surface area (Å²) in [6, 6.07) is 4.61. The number of carbonyl (C=O) groups excluding carboxylic acids is 1. The van der Waals surface area contributed by atoms with Crippen molar-refractivity contribution in [1.82, 2.24) is 10.6 Å². The molecule has 0 aliphatic carbocycles. The number of alkyl halides is 3. The van der Waals surface area contributed by atoms with Gasteiger partial charge in [-0.1, -0.05) is 19.1 Å². The summed E-state index contributed by atoms with van der Waals surface area (Å²) in [6.45, 7) is 3.33. The molecular formula is C16H21F3N2O3. The number of rotatable bonds is 6. The number of nitrogens with one attached hydrogen (secondary N) is 2. The van der Waals surface area contributed by atoms with Crippen molar-refractivity contribution in [2.75, 3.05) is 26.3 Å². The highest BCUT2D eigenvalue weighted by Gasteiger charge is 2.34. The highest BCUT2D eigenvalue weighted by molar-refractivity contribution is 5.82. The van der Waals surface area contributed by atoms with Crippen LogP contribution in [0.1, 0.15) is 18.9 Å². The minimum absolute atomic E-state index is 0.125. The zero-order valence-electron chi connectivity index (χ0n) is 13.4. The number of carbonyl (C=O) groups is 1. The standard InChI is InChI=1S/C16H21F3N2O3/c1-2-11(9-21-15(22)13-10-23-8-7-20-13)24-14-6-4-3-5-12(14)16(17,18)19/h3-6,11,13,20H,2,7-10H2,1H3,(H,21,22). The fourth-order valence-corrected chi connectivity index (χ4v) is 2.32. The predicted octanol–water partition coefficient (Wildman–Crippen LogP) is 1.97. The van der Waals surface area contributed by atoms with Crippen LogP contribution in [0.25, 0.3) is 0 Å². The van der Waals surface area contributed by atoms with E-state index in [9.17, 15) is 18.0 Å². The third-order valence-corrected chi connectivity index (χ3v) is 3.68. The van der Waals surface area contributed by atoms with Gasteiger partial charge in [0.15, 0.2) is 0 Å². The van der Waals surface area contributed by atoms with E-state index in [0.717, 1.165) is 6.07 Å². The van der Waals surface area contributed by atoms with E-state index in [0.29, 0.717) is 19.6 Å². The number of hydrogen-bond acceptors (Lipinski definition) is 4. The van der Waals surface area contributed by atoms with Crippen LogP contribution in [-0.2, 0) is 15.7 Å².